The van der Waals surface area contributed by atoms with Crippen LogP contribution in [0.25, 0.3) is 0 Å². The molecule has 2 unspecified atom stereocenters. The lowest BCUT2D eigenvalue weighted by Crippen LogP contribution is -2.20. The van der Waals surface area contributed by atoms with Crippen molar-refractivity contribution >= 4 is 5.78 Å². The maximum Gasteiger partial charge on any atom is 0.167 e. The Morgan fingerprint density at radius 1 is 0.900 bits per heavy atom. The molecule has 3 nitrogen and oxygen atoms in total. The van der Waals surface area contributed by atoms with E-state index in [1.165, 1.54) is 5.56 Å². The van der Waals surface area contributed by atoms with Crippen LogP contribution in [0.1, 0.15) is 39.4 Å². The van der Waals surface area contributed by atoms with Gasteiger partial charge in [-0.25, -0.2) is 0 Å². The third-order valence-corrected chi connectivity index (χ3v) is 5.88. The lowest BCUT2D eigenvalue weighted by molar-refractivity contribution is 0.0926. The van der Waals surface area contributed by atoms with Crippen LogP contribution in [0.5, 0.6) is 5.75 Å². The predicted octanol–water partition coefficient (Wildman–Crippen LogP) is 5.20. The SMILES string of the molecule is CN(C)CCCOc1ccc(C(c2ccccc2)C2Cc3ccccc3C2=O)cc1. The minimum Gasteiger partial charge on any atom is -0.494 e. The summed E-state index contributed by atoms with van der Waals surface area (Å²) in [6.45, 7) is 1.72. The van der Waals surface area contributed by atoms with Crippen LogP contribution in [0.4, 0.5) is 0 Å². The van der Waals surface area contributed by atoms with Crippen LogP contribution in [0.15, 0.2) is 78.9 Å². The molecule has 0 heterocycles. The van der Waals surface area contributed by atoms with E-state index in [1.54, 1.807) is 0 Å². The Morgan fingerprint density at radius 3 is 2.27 bits per heavy atom. The third kappa shape index (κ3) is 4.47. The van der Waals surface area contributed by atoms with Gasteiger partial charge in [-0.05, 0) is 55.8 Å². The Kier molecular flexibility index (Phi) is 6.29. The van der Waals surface area contributed by atoms with Gasteiger partial charge in [0.1, 0.15) is 5.75 Å². The molecule has 3 heteroatoms. The van der Waals surface area contributed by atoms with Gasteiger partial charge < -0.3 is 9.64 Å². The Labute approximate surface area is 179 Å². The first kappa shape index (κ1) is 20.4. The smallest absolute Gasteiger partial charge is 0.167 e. The Morgan fingerprint density at radius 2 is 1.57 bits per heavy atom. The fourth-order valence-corrected chi connectivity index (χ4v) is 4.40. The molecule has 0 spiro atoms. The van der Waals surface area contributed by atoms with Gasteiger partial charge in [-0.15, -0.1) is 0 Å². The number of hydrogen-bond donors (Lipinski definition) is 0. The lowest BCUT2D eigenvalue weighted by Gasteiger charge is -2.24. The minimum atomic E-state index is -0.0725. The highest BCUT2D eigenvalue weighted by Crippen LogP contribution is 2.41. The summed E-state index contributed by atoms with van der Waals surface area (Å²) in [7, 11) is 4.14. The van der Waals surface area contributed by atoms with Crippen LogP contribution < -0.4 is 4.74 Å². The molecule has 0 aliphatic heterocycles. The normalized spacial score (nSPS) is 16.5. The average Bonchev–Trinajstić information content (AvgIpc) is 3.09. The van der Waals surface area contributed by atoms with Gasteiger partial charge in [0.2, 0.25) is 0 Å². The van der Waals surface area contributed by atoms with Crippen LogP contribution in [0, 0.1) is 5.92 Å². The number of carbonyl (C=O) groups excluding carboxylic acids is 1. The van der Waals surface area contributed by atoms with E-state index >= 15 is 0 Å². The number of carbonyl (C=O) groups is 1. The average molecular weight is 400 g/mol. The third-order valence-electron chi connectivity index (χ3n) is 5.88. The largest absolute Gasteiger partial charge is 0.494 e. The first-order valence-electron chi connectivity index (χ1n) is 10.7. The second-order valence-corrected chi connectivity index (χ2v) is 8.29. The molecule has 0 radical (unpaired) electrons. The van der Waals surface area contributed by atoms with Crippen LogP contribution in [-0.4, -0.2) is 37.9 Å². The summed E-state index contributed by atoms with van der Waals surface area (Å²) < 4.78 is 5.90. The molecule has 1 aliphatic carbocycles. The molecular formula is C27H29NO2. The second-order valence-electron chi connectivity index (χ2n) is 8.29. The standard InChI is InChI=1S/C27H29NO2/c1-28(2)17-8-18-30-23-15-13-21(14-16-23)26(20-9-4-3-5-10-20)25-19-22-11-6-7-12-24(22)27(25)29/h3-7,9-16,25-26H,8,17-19H2,1-2H3. The van der Waals surface area contributed by atoms with E-state index < -0.39 is 0 Å². The molecule has 4 rings (SSSR count). The van der Waals surface area contributed by atoms with Crippen molar-refractivity contribution in [1.82, 2.24) is 4.90 Å². The van der Waals surface area contributed by atoms with E-state index in [-0.39, 0.29) is 17.6 Å². The van der Waals surface area contributed by atoms with Crippen LogP contribution >= 0.6 is 0 Å². The van der Waals surface area contributed by atoms with E-state index in [0.29, 0.717) is 6.61 Å². The fourth-order valence-electron chi connectivity index (χ4n) is 4.40. The molecule has 0 amide bonds. The van der Waals surface area contributed by atoms with Gasteiger partial charge in [-0.3, -0.25) is 4.79 Å². The van der Waals surface area contributed by atoms with Crippen molar-refractivity contribution in [2.75, 3.05) is 27.2 Å². The number of rotatable bonds is 8. The lowest BCUT2D eigenvalue weighted by atomic mass is 9.78. The number of nitrogens with zero attached hydrogens (tertiary/aromatic N) is 1. The van der Waals surface area contributed by atoms with Crippen LogP contribution in [-0.2, 0) is 6.42 Å². The zero-order chi connectivity index (χ0) is 20.9. The summed E-state index contributed by atoms with van der Waals surface area (Å²) in [5, 5.41) is 0. The molecule has 154 valence electrons. The fraction of sp³-hybridized carbons (Fsp3) is 0.296. The van der Waals surface area contributed by atoms with Gasteiger partial charge in [0.15, 0.2) is 5.78 Å². The molecule has 1 aliphatic rings. The zero-order valence-electron chi connectivity index (χ0n) is 17.8. The molecule has 0 aromatic heterocycles. The van der Waals surface area contributed by atoms with Gasteiger partial charge in [-0.1, -0.05) is 66.7 Å². The van der Waals surface area contributed by atoms with Crippen molar-refractivity contribution in [2.24, 2.45) is 5.92 Å². The number of Topliss-reactive ketones (excluding diaryl/α,β-unsaturated/α-hetero) is 1. The van der Waals surface area contributed by atoms with E-state index in [0.717, 1.165) is 41.8 Å². The van der Waals surface area contributed by atoms with Gasteiger partial charge in [0, 0.05) is 23.9 Å². The van der Waals surface area contributed by atoms with E-state index in [4.69, 9.17) is 4.74 Å². The summed E-state index contributed by atoms with van der Waals surface area (Å²) >= 11 is 0. The topological polar surface area (TPSA) is 29.5 Å². The minimum absolute atomic E-state index is 0.0360. The number of ether oxygens (including phenoxy) is 1. The molecule has 3 aromatic carbocycles. The van der Waals surface area contributed by atoms with Crippen molar-refractivity contribution in [3.05, 3.63) is 101 Å². The highest BCUT2D eigenvalue weighted by atomic mass is 16.5. The van der Waals surface area contributed by atoms with Crippen molar-refractivity contribution in [3.63, 3.8) is 0 Å². The maximum absolute atomic E-state index is 13.3. The van der Waals surface area contributed by atoms with Crippen molar-refractivity contribution in [1.29, 1.82) is 0 Å². The molecule has 0 fully saturated rings. The Hall–Kier alpha value is -2.91. The van der Waals surface area contributed by atoms with Gasteiger partial charge in [-0.2, -0.15) is 0 Å². The molecule has 0 N–H and O–H groups in total. The molecule has 3 aromatic rings. The first-order chi connectivity index (χ1) is 14.6. The molecular weight excluding hydrogens is 370 g/mol. The number of hydrogen-bond acceptors (Lipinski definition) is 3. The molecule has 2 atom stereocenters. The van der Waals surface area contributed by atoms with Gasteiger partial charge >= 0.3 is 0 Å². The Balaban J connectivity index is 1.57. The summed E-state index contributed by atoms with van der Waals surface area (Å²) in [5.41, 5.74) is 4.38. The van der Waals surface area contributed by atoms with E-state index in [9.17, 15) is 4.79 Å². The van der Waals surface area contributed by atoms with Gasteiger partial charge in [0.05, 0.1) is 6.61 Å². The predicted molar refractivity (Wildman–Crippen MR) is 121 cm³/mol. The highest BCUT2D eigenvalue weighted by Gasteiger charge is 2.37. The number of ketones is 1. The van der Waals surface area contributed by atoms with Crippen molar-refractivity contribution in [2.45, 2.75) is 18.8 Å². The summed E-state index contributed by atoms with van der Waals surface area (Å²) in [4.78, 5) is 15.4. The Bertz CT molecular complexity index is 979. The molecule has 30 heavy (non-hydrogen) atoms. The molecule has 0 saturated carbocycles. The first-order valence-corrected chi connectivity index (χ1v) is 10.7. The summed E-state index contributed by atoms with van der Waals surface area (Å²) in [5.74, 6) is 1.10. The molecule has 0 bridgehead atoms. The van der Waals surface area contributed by atoms with Crippen molar-refractivity contribution < 1.29 is 9.53 Å². The summed E-state index contributed by atoms with van der Waals surface area (Å²) in [6.07, 6.45) is 1.79. The van der Waals surface area contributed by atoms with E-state index in [2.05, 4.69) is 61.5 Å². The van der Waals surface area contributed by atoms with Crippen LogP contribution in [0.2, 0.25) is 0 Å². The number of fused-ring (bicyclic) bond motifs is 1. The van der Waals surface area contributed by atoms with Crippen molar-refractivity contribution in [3.8, 4) is 5.75 Å². The monoisotopic (exact) mass is 399 g/mol. The van der Waals surface area contributed by atoms with E-state index in [1.807, 2.05) is 36.4 Å². The maximum atomic E-state index is 13.3. The van der Waals surface area contributed by atoms with Gasteiger partial charge in [0.25, 0.3) is 0 Å². The molecule has 0 saturated heterocycles. The second kappa shape index (κ2) is 9.27. The quantitative estimate of drug-likeness (QED) is 0.487. The highest BCUT2D eigenvalue weighted by molar-refractivity contribution is 6.03. The van der Waals surface area contributed by atoms with Crippen LogP contribution in [0.3, 0.4) is 0 Å². The zero-order valence-corrected chi connectivity index (χ0v) is 17.8. The number of benzene rings is 3. The summed E-state index contributed by atoms with van der Waals surface area (Å²) in [6, 6.07) is 26.7.